The van der Waals surface area contributed by atoms with Crippen molar-refractivity contribution in [2.24, 2.45) is 5.92 Å². The summed E-state index contributed by atoms with van der Waals surface area (Å²) in [6.45, 7) is 15.3. The van der Waals surface area contributed by atoms with Gasteiger partial charge in [-0.2, -0.15) is 10.2 Å². The number of fused-ring (bicyclic) bond motifs is 4. The van der Waals surface area contributed by atoms with Crippen molar-refractivity contribution in [2.75, 3.05) is 25.0 Å². The zero-order valence-corrected chi connectivity index (χ0v) is 43.5. The maximum Gasteiger partial charge on any atom is 0.159 e. The van der Waals surface area contributed by atoms with E-state index in [1.807, 2.05) is 127 Å². The average Bonchev–Trinajstić information content (AvgIpc) is 4.33. The lowest BCUT2D eigenvalue weighted by atomic mass is 9.99. The fraction of sp³-hybridized carbons (Fsp3) is 0.117. The van der Waals surface area contributed by atoms with E-state index in [4.69, 9.17) is 9.97 Å². The van der Waals surface area contributed by atoms with Crippen LogP contribution in [0.15, 0.2) is 170 Å². The third-order valence-electron chi connectivity index (χ3n) is 13.7. The van der Waals surface area contributed by atoms with E-state index < -0.39 is 5.82 Å². The second-order valence-electron chi connectivity index (χ2n) is 18.8. The Balaban J connectivity index is 0.000000155. The molecular formula is C60H49F2N13S2. The van der Waals surface area contributed by atoms with E-state index in [0.29, 0.717) is 78.7 Å². The zero-order chi connectivity index (χ0) is 52.6. The number of benzene rings is 3. The SMILES string of the molecule is C=C(Nc1cncc(-c2ccc3[nH]nc(-c4nc5c(-c6cccs6)nccc5[nH]4)c3c2F)c1)c1ccccc1.C=C/C(=C\C(=C/C)c1ccc2[nH]nc(-c3nc4c(-c5cccs5)nccc4[nH]3)c2c1F)CN1CCC(C)C1. The van der Waals surface area contributed by atoms with Crippen molar-refractivity contribution >= 4 is 83.5 Å². The molecule has 0 amide bonds. The van der Waals surface area contributed by atoms with E-state index in [0.717, 1.165) is 79.7 Å². The molecule has 1 unspecified atom stereocenters. The second kappa shape index (κ2) is 20.9. The molecule has 12 aromatic rings. The van der Waals surface area contributed by atoms with E-state index in [2.05, 4.69) is 75.6 Å². The summed E-state index contributed by atoms with van der Waals surface area (Å²) in [5, 5.41) is 22.9. The number of anilines is 1. The number of nitrogens with one attached hydrogen (secondary N) is 5. The molecule has 1 atom stereocenters. The van der Waals surface area contributed by atoms with Gasteiger partial charge in [0.15, 0.2) is 11.6 Å². The van der Waals surface area contributed by atoms with Gasteiger partial charge in [0.05, 0.1) is 54.5 Å². The summed E-state index contributed by atoms with van der Waals surface area (Å²) in [5.74, 6) is 0.934. The van der Waals surface area contributed by atoms with Crippen molar-refractivity contribution in [3.8, 4) is 55.3 Å². The minimum absolute atomic E-state index is 0.328. The molecule has 1 saturated heterocycles. The third-order valence-corrected chi connectivity index (χ3v) is 15.5. The van der Waals surface area contributed by atoms with Gasteiger partial charge in [-0.3, -0.25) is 30.0 Å². The summed E-state index contributed by atoms with van der Waals surface area (Å²) >= 11 is 3.20. The Morgan fingerprint density at radius 1 is 0.753 bits per heavy atom. The summed E-state index contributed by atoms with van der Waals surface area (Å²) in [6, 6.07) is 30.6. The van der Waals surface area contributed by atoms with Crippen LogP contribution in [0.3, 0.4) is 0 Å². The lowest BCUT2D eigenvalue weighted by Gasteiger charge is -2.16. The van der Waals surface area contributed by atoms with Crippen LogP contribution in [0.25, 0.3) is 110 Å². The minimum atomic E-state index is -0.408. The summed E-state index contributed by atoms with van der Waals surface area (Å²) in [5.41, 5.74) is 12.5. The topological polar surface area (TPSA) is 169 Å². The minimum Gasteiger partial charge on any atom is -0.354 e. The molecule has 0 spiro atoms. The van der Waals surface area contributed by atoms with Crippen LogP contribution in [0.5, 0.6) is 0 Å². The van der Waals surface area contributed by atoms with Gasteiger partial charge in [-0.25, -0.2) is 18.7 Å². The highest BCUT2D eigenvalue weighted by Gasteiger charge is 2.24. The standard InChI is InChI=1S/C30H20FN7S.C30H29FN6S/c1-17(18-6-3-2-4-7-18)34-20-14-19(15-32-16-20)21-9-10-22-25(26(21)31)29(38-37-22)30-35-23-11-12-33-28(27(23)36-30)24-8-5-13-39-24;1-4-19(17-37-13-11-18(3)16-37)15-20(5-2)21-8-9-22-25(26(21)31)29(36-35-22)30-33-23-10-12-32-28(27(23)34-30)24-7-6-14-38-24/h2-16,34H,1H2,(H,35,36)(H,37,38);4-10,12,14-15,18H,1,11,13,16-17H2,2-3H3,(H,33,34)(H,35,36)/b;19-15+,20-5+. The Morgan fingerprint density at radius 3 is 1.97 bits per heavy atom. The van der Waals surface area contributed by atoms with E-state index >= 15 is 8.78 Å². The number of hydrogen-bond acceptors (Lipinski definition) is 11. The van der Waals surface area contributed by atoms with Crippen LogP contribution in [0.1, 0.15) is 31.4 Å². The predicted molar refractivity (Wildman–Crippen MR) is 309 cm³/mol. The number of hydrogen-bond donors (Lipinski definition) is 5. The quantitative estimate of drug-likeness (QED) is 0.0706. The number of H-pyrrole nitrogens is 4. The number of aromatic amines is 4. The fourth-order valence-corrected chi connectivity index (χ4v) is 11.3. The van der Waals surface area contributed by atoms with E-state index in [1.54, 1.807) is 53.5 Å². The summed E-state index contributed by atoms with van der Waals surface area (Å²) in [7, 11) is 0. The Hall–Kier alpha value is -9.03. The number of thiophene rings is 2. The number of allylic oxidation sites excluding steroid dienone is 3. The number of aromatic nitrogens is 11. The van der Waals surface area contributed by atoms with Gasteiger partial charge in [0.1, 0.15) is 45.4 Å². The van der Waals surface area contributed by atoms with Gasteiger partial charge in [-0.1, -0.05) is 80.8 Å². The molecule has 0 bridgehead atoms. The first-order chi connectivity index (χ1) is 37.7. The van der Waals surface area contributed by atoms with Crippen LogP contribution < -0.4 is 5.32 Å². The van der Waals surface area contributed by atoms with Crippen molar-refractivity contribution in [1.82, 2.24) is 60.2 Å². The number of nitrogens with zero attached hydrogens (tertiary/aromatic N) is 8. The summed E-state index contributed by atoms with van der Waals surface area (Å²) in [4.78, 5) is 34.1. The Kier molecular flexibility index (Phi) is 13.3. The van der Waals surface area contributed by atoms with Gasteiger partial charge in [-0.15, -0.1) is 22.7 Å². The van der Waals surface area contributed by atoms with Crippen molar-refractivity contribution < 1.29 is 8.78 Å². The number of imidazole rings is 2. The van der Waals surface area contributed by atoms with Crippen LogP contribution >= 0.6 is 22.7 Å². The second-order valence-corrected chi connectivity index (χ2v) is 20.7. The lowest BCUT2D eigenvalue weighted by Crippen LogP contribution is -2.22. The summed E-state index contributed by atoms with van der Waals surface area (Å²) in [6.07, 6.45) is 13.9. The third kappa shape index (κ3) is 9.56. The number of rotatable bonds is 13. The molecule has 1 fully saturated rings. The van der Waals surface area contributed by atoms with Crippen molar-refractivity contribution in [2.45, 2.75) is 20.3 Å². The first-order valence-electron chi connectivity index (χ1n) is 25.0. The first kappa shape index (κ1) is 48.9. The highest BCUT2D eigenvalue weighted by Crippen LogP contribution is 2.38. The Bertz CT molecular complexity index is 4200. The van der Waals surface area contributed by atoms with Crippen molar-refractivity contribution in [3.63, 3.8) is 0 Å². The molecule has 13 rings (SSSR count). The monoisotopic (exact) mass is 1050 g/mol. The van der Waals surface area contributed by atoms with E-state index in [-0.39, 0.29) is 5.82 Å². The van der Waals surface area contributed by atoms with Crippen molar-refractivity contribution in [3.05, 3.63) is 192 Å². The molecule has 0 radical (unpaired) electrons. The van der Waals surface area contributed by atoms with Gasteiger partial charge >= 0.3 is 0 Å². The summed E-state index contributed by atoms with van der Waals surface area (Å²) < 4.78 is 32.4. The highest BCUT2D eigenvalue weighted by molar-refractivity contribution is 7.13. The van der Waals surface area contributed by atoms with Crippen LogP contribution in [0.4, 0.5) is 14.5 Å². The van der Waals surface area contributed by atoms with Crippen LogP contribution in [0.2, 0.25) is 0 Å². The molecule has 13 nitrogen and oxygen atoms in total. The molecule has 1 aliphatic heterocycles. The molecule has 1 aliphatic rings. The normalized spacial score (nSPS) is 14.2. The molecule has 3 aromatic carbocycles. The molecule has 77 heavy (non-hydrogen) atoms. The van der Waals surface area contributed by atoms with Gasteiger partial charge < -0.3 is 15.3 Å². The number of pyridine rings is 3. The van der Waals surface area contributed by atoms with Gasteiger partial charge in [0, 0.05) is 54.1 Å². The van der Waals surface area contributed by atoms with E-state index in [1.165, 1.54) is 6.42 Å². The van der Waals surface area contributed by atoms with E-state index in [9.17, 15) is 0 Å². The molecular weight excluding hydrogens is 1000 g/mol. The van der Waals surface area contributed by atoms with Gasteiger partial charge in [0.2, 0.25) is 0 Å². The molecule has 9 aromatic heterocycles. The predicted octanol–water partition coefficient (Wildman–Crippen LogP) is 14.7. The maximum atomic E-state index is 16.2. The van der Waals surface area contributed by atoms with Gasteiger partial charge in [-0.05, 0) is 108 Å². The van der Waals surface area contributed by atoms with Crippen LogP contribution in [-0.4, -0.2) is 79.8 Å². The van der Waals surface area contributed by atoms with Crippen LogP contribution in [0, 0.1) is 17.6 Å². The first-order valence-corrected chi connectivity index (χ1v) is 26.8. The maximum absolute atomic E-state index is 16.2. The van der Waals surface area contributed by atoms with Crippen molar-refractivity contribution in [1.29, 1.82) is 0 Å². The fourth-order valence-electron chi connectivity index (χ4n) is 9.87. The zero-order valence-electron chi connectivity index (χ0n) is 41.9. The molecule has 5 N–H and O–H groups in total. The lowest BCUT2D eigenvalue weighted by molar-refractivity contribution is 0.358. The van der Waals surface area contributed by atoms with Gasteiger partial charge in [0.25, 0.3) is 0 Å². The Labute approximate surface area is 449 Å². The average molecular weight is 1050 g/mol. The highest BCUT2D eigenvalue weighted by atomic mass is 32.1. The Morgan fingerprint density at radius 2 is 1.39 bits per heavy atom. The molecule has 0 aliphatic carbocycles. The van der Waals surface area contributed by atoms with Crippen LogP contribution in [-0.2, 0) is 0 Å². The molecule has 0 saturated carbocycles. The smallest absolute Gasteiger partial charge is 0.159 e. The number of halogens is 2. The largest absolute Gasteiger partial charge is 0.354 e. The molecule has 10 heterocycles. The molecule has 17 heteroatoms. The number of likely N-dealkylation sites (tertiary alicyclic amines) is 1. The molecule has 380 valence electrons.